The highest BCUT2D eigenvalue weighted by atomic mass is 16.5. The third-order valence-corrected chi connectivity index (χ3v) is 3.55. The van der Waals surface area contributed by atoms with E-state index in [9.17, 15) is 9.59 Å². The van der Waals surface area contributed by atoms with Gasteiger partial charge in [-0.05, 0) is 13.8 Å². The Bertz CT molecular complexity index is 537. The van der Waals surface area contributed by atoms with Gasteiger partial charge in [0, 0.05) is 26.2 Å². The highest BCUT2D eigenvalue weighted by Crippen LogP contribution is 2.08. The molecule has 1 amide bonds. The van der Waals surface area contributed by atoms with Crippen LogP contribution >= 0.6 is 0 Å². The Hall–Kier alpha value is -1.93. The molecule has 1 fully saturated rings. The molecule has 1 aromatic heterocycles. The average Bonchev–Trinajstić information content (AvgIpc) is 2.82. The fourth-order valence-electron chi connectivity index (χ4n) is 2.28. The van der Waals surface area contributed by atoms with E-state index in [1.807, 2.05) is 11.8 Å². The molecular weight excluding hydrogens is 288 g/mol. The quantitative estimate of drug-likeness (QED) is 0.766. The fourth-order valence-corrected chi connectivity index (χ4v) is 2.28. The molecule has 0 bridgehead atoms. The lowest BCUT2D eigenvalue weighted by Gasteiger charge is -2.30. The molecule has 1 aromatic rings. The van der Waals surface area contributed by atoms with Crippen LogP contribution in [0, 0.1) is 6.92 Å². The number of hydrogen-bond donors (Lipinski definition) is 1. The molecule has 122 valence electrons. The summed E-state index contributed by atoms with van der Waals surface area (Å²) >= 11 is 0. The number of carbonyl (C=O) groups excluding carboxylic acids is 2. The number of nitrogens with one attached hydrogen (secondary N) is 1. The summed E-state index contributed by atoms with van der Waals surface area (Å²) in [7, 11) is 1.73. The second kappa shape index (κ2) is 7.37. The topological polar surface area (TPSA) is 85.7 Å². The predicted octanol–water partition coefficient (Wildman–Crippen LogP) is -0.0691. The molecule has 0 spiro atoms. The summed E-state index contributed by atoms with van der Waals surface area (Å²) in [6, 6.07) is 1.37. The summed E-state index contributed by atoms with van der Waals surface area (Å²) in [5.74, 6) is -0.219. The van der Waals surface area contributed by atoms with E-state index in [-0.39, 0.29) is 18.6 Å². The molecule has 0 radical (unpaired) electrons. The highest BCUT2D eigenvalue weighted by Gasteiger charge is 2.24. The van der Waals surface area contributed by atoms with Gasteiger partial charge in [-0.15, -0.1) is 0 Å². The van der Waals surface area contributed by atoms with Crippen LogP contribution in [0.25, 0.3) is 0 Å². The maximum Gasteiger partial charge on any atom is 0.323 e. The minimum absolute atomic E-state index is 0.308. The summed E-state index contributed by atoms with van der Waals surface area (Å²) in [4.78, 5) is 25.8. The van der Waals surface area contributed by atoms with Gasteiger partial charge in [-0.2, -0.15) is 5.10 Å². The molecule has 0 aliphatic carbocycles. The third kappa shape index (κ3) is 4.28. The second-order valence-electron chi connectivity index (χ2n) is 5.27. The maximum atomic E-state index is 12.0. The first-order valence-corrected chi connectivity index (χ1v) is 7.26. The van der Waals surface area contributed by atoms with Crippen LogP contribution in [0.2, 0.25) is 0 Å². The van der Waals surface area contributed by atoms with Crippen molar-refractivity contribution in [2.24, 2.45) is 7.05 Å². The van der Waals surface area contributed by atoms with Gasteiger partial charge in [0.05, 0.1) is 18.9 Å². The van der Waals surface area contributed by atoms with Gasteiger partial charge in [0.1, 0.15) is 11.9 Å². The number of aryl methyl sites for hydroxylation is 2. The van der Waals surface area contributed by atoms with E-state index in [4.69, 9.17) is 9.47 Å². The first kappa shape index (κ1) is 16.4. The van der Waals surface area contributed by atoms with Gasteiger partial charge >= 0.3 is 5.97 Å². The molecular formula is C14H22N4O4. The molecule has 1 saturated heterocycles. The highest BCUT2D eigenvalue weighted by molar-refractivity contribution is 5.92. The van der Waals surface area contributed by atoms with Gasteiger partial charge in [-0.3, -0.25) is 19.2 Å². The van der Waals surface area contributed by atoms with Gasteiger partial charge in [-0.1, -0.05) is 0 Å². The molecule has 0 unspecified atom stereocenters. The van der Waals surface area contributed by atoms with Gasteiger partial charge < -0.3 is 14.8 Å². The smallest absolute Gasteiger partial charge is 0.323 e. The number of amides is 1. The van der Waals surface area contributed by atoms with Crippen molar-refractivity contribution >= 4 is 17.7 Å². The summed E-state index contributed by atoms with van der Waals surface area (Å²) in [6.07, 6.45) is 0. The summed E-state index contributed by atoms with van der Waals surface area (Å²) in [5.41, 5.74) is 0.802. The summed E-state index contributed by atoms with van der Waals surface area (Å²) in [6.45, 7) is 5.90. The zero-order valence-corrected chi connectivity index (χ0v) is 13.2. The summed E-state index contributed by atoms with van der Waals surface area (Å²) in [5, 5.41) is 6.78. The van der Waals surface area contributed by atoms with Crippen molar-refractivity contribution in [2.45, 2.75) is 19.9 Å². The number of nitrogens with zero attached hydrogens (tertiary/aromatic N) is 3. The number of rotatable bonds is 5. The molecule has 0 aromatic carbocycles. The molecule has 1 aliphatic heterocycles. The Kier molecular flexibility index (Phi) is 5.51. The average molecular weight is 310 g/mol. The molecule has 1 N–H and O–H groups in total. The van der Waals surface area contributed by atoms with Gasteiger partial charge in [0.15, 0.2) is 6.61 Å². The SMILES string of the molecule is Cc1cc(NC(=O)COC(=O)[C@H](C)N2CCOCC2)n(C)n1. The van der Waals surface area contributed by atoms with Crippen LogP contribution in [-0.2, 0) is 26.1 Å². The van der Waals surface area contributed by atoms with Crippen molar-refractivity contribution in [3.63, 3.8) is 0 Å². The standard InChI is InChI=1S/C14H22N4O4/c1-10-8-12(17(3)16-10)15-13(19)9-22-14(20)11(2)18-4-6-21-7-5-18/h8,11H,4-7,9H2,1-3H3,(H,15,19)/t11-/m0/s1. The van der Waals surface area contributed by atoms with Crippen LogP contribution in [0.5, 0.6) is 0 Å². The van der Waals surface area contributed by atoms with Crippen LogP contribution < -0.4 is 5.32 Å². The lowest BCUT2D eigenvalue weighted by molar-refractivity contribution is -0.153. The van der Waals surface area contributed by atoms with E-state index in [2.05, 4.69) is 10.4 Å². The van der Waals surface area contributed by atoms with E-state index >= 15 is 0 Å². The van der Waals surface area contributed by atoms with Crippen molar-refractivity contribution in [1.82, 2.24) is 14.7 Å². The Morgan fingerprint density at radius 3 is 2.73 bits per heavy atom. The molecule has 22 heavy (non-hydrogen) atoms. The molecule has 8 nitrogen and oxygen atoms in total. The molecule has 8 heteroatoms. The van der Waals surface area contributed by atoms with Crippen LogP contribution in [-0.4, -0.2) is 65.5 Å². The first-order chi connectivity index (χ1) is 10.5. The van der Waals surface area contributed by atoms with E-state index in [0.717, 1.165) is 5.69 Å². The Morgan fingerprint density at radius 2 is 2.14 bits per heavy atom. The molecule has 0 saturated carbocycles. The number of aromatic nitrogens is 2. The van der Waals surface area contributed by atoms with E-state index in [1.54, 1.807) is 24.7 Å². The van der Waals surface area contributed by atoms with Crippen LogP contribution in [0.15, 0.2) is 6.07 Å². The Morgan fingerprint density at radius 1 is 1.45 bits per heavy atom. The molecule has 2 rings (SSSR count). The normalized spacial score (nSPS) is 17.0. The van der Waals surface area contributed by atoms with Crippen molar-refractivity contribution < 1.29 is 19.1 Å². The monoisotopic (exact) mass is 310 g/mol. The van der Waals surface area contributed by atoms with Gasteiger partial charge in [0.2, 0.25) is 0 Å². The van der Waals surface area contributed by atoms with Gasteiger partial charge in [0.25, 0.3) is 5.91 Å². The van der Waals surface area contributed by atoms with Crippen LogP contribution in [0.1, 0.15) is 12.6 Å². The van der Waals surface area contributed by atoms with Crippen molar-refractivity contribution in [2.75, 3.05) is 38.2 Å². The number of esters is 1. The maximum absolute atomic E-state index is 12.0. The van der Waals surface area contributed by atoms with Crippen LogP contribution in [0.3, 0.4) is 0 Å². The largest absolute Gasteiger partial charge is 0.454 e. The zero-order valence-electron chi connectivity index (χ0n) is 13.2. The second-order valence-corrected chi connectivity index (χ2v) is 5.27. The first-order valence-electron chi connectivity index (χ1n) is 7.26. The van der Waals surface area contributed by atoms with Gasteiger partial charge in [-0.25, -0.2) is 0 Å². The van der Waals surface area contributed by atoms with E-state index in [0.29, 0.717) is 32.1 Å². The third-order valence-electron chi connectivity index (χ3n) is 3.55. The van der Waals surface area contributed by atoms with E-state index < -0.39 is 5.97 Å². The van der Waals surface area contributed by atoms with Crippen molar-refractivity contribution in [3.05, 3.63) is 11.8 Å². The lowest BCUT2D eigenvalue weighted by Crippen LogP contribution is -2.46. The zero-order chi connectivity index (χ0) is 16.1. The lowest BCUT2D eigenvalue weighted by atomic mass is 10.2. The number of morpholine rings is 1. The van der Waals surface area contributed by atoms with Crippen molar-refractivity contribution in [3.8, 4) is 0 Å². The minimum Gasteiger partial charge on any atom is -0.454 e. The van der Waals surface area contributed by atoms with E-state index in [1.165, 1.54) is 0 Å². The molecule has 1 atom stereocenters. The number of anilines is 1. The minimum atomic E-state index is -0.404. The summed E-state index contributed by atoms with van der Waals surface area (Å²) < 4.78 is 11.9. The molecule has 2 heterocycles. The van der Waals surface area contributed by atoms with Crippen molar-refractivity contribution in [1.29, 1.82) is 0 Å². The molecule has 1 aliphatic rings. The number of carbonyl (C=O) groups is 2. The Balaban J connectivity index is 1.77. The Labute approximate surface area is 129 Å². The predicted molar refractivity (Wildman–Crippen MR) is 79.4 cm³/mol. The number of hydrogen-bond acceptors (Lipinski definition) is 6. The van der Waals surface area contributed by atoms with Crippen LogP contribution in [0.4, 0.5) is 5.82 Å². The fraction of sp³-hybridized carbons (Fsp3) is 0.643. The number of ether oxygens (including phenoxy) is 2.